The van der Waals surface area contributed by atoms with E-state index in [0.29, 0.717) is 23.0 Å². The van der Waals surface area contributed by atoms with Crippen molar-refractivity contribution >= 4 is 17.5 Å². The molecule has 0 spiro atoms. The van der Waals surface area contributed by atoms with Gasteiger partial charge in [0, 0.05) is 12.1 Å². The van der Waals surface area contributed by atoms with Gasteiger partial charge in [0.1, 0.15) is 5.69 Å². The summed E-state index contributed by atoms with van der Waals surface area (Å²) in [4.78, 5) is 13.0. The Morgan fingerprint density at radius 3 is 2.40 bits per heavy atom. The molecule has 0 atom stereocenters. The molecule has 0 radical (unpaired) electrons. The first-order valence-corrected chi connectivity index (χ1v) is 10.2. The summed E-state index contributed by atoms with van der Waals surface area (Å²) in [7, 11) is 0. The van der Waals surface area contributed by atoms with Crippen molar-refractivity contribution in [1.29, 1.82) is 0 Å². The van der Waals surface area contributed by atoms with Crippen LogP contribution in [0.1, 0.15) is 21.6 Å². The van der Waals surface area contributed by atoms with Crippen molar-refractivity contribution in [1.82, 2.24) is 15.1 Å². The van der Waals surface area contributed by atoms with E-state index in [-0.39, 0.29) is 5.91 Å². The fraction of sp³-hybridized carbons (Fsp3) is 0.120. The molecule has 3 aromatic carbocycles. The minimum atomic E-state index is -0.169. The van der Waals surface area contributed by atoms with Crippen molar-refractivity contribution in [2.75, 3.05) is 6.54 Å². The zero-order valence-corrected chi connectivity index (χ0v) is 17.4. The van der Waals surface area contributed by atoms with Gasteiger partial charge in [-0.05, 0) is 43.2 Å². The van der Waals surface area contributed by atoms with Gasteiger partial charge in [-0.1, -0.05) is 77.8 Å². The zero-order chi connectivity index (χ0) is 20.9. The first kappa shape index (κ1) is 19.9. The molecule has 0 aliphatic heterocycles. The Morgan fingerprint density at radius 2 is 1.67 bits per heavy atom. The molecule has 0 fully saturated rings. The van der Waals surface area contributed by atoms with E-state index in [9.17, 15) is 4.79 Å². The van der Waals surface area contributed by atoms with Crippen LogP contribution in [0.4, 0.5) is 0 Å². The molecule has 5 heteroatoms. The maximum Gasteiger partial charge on any atom is 0.270 e. The highest BCUT2D eigenvalue weighted by atomic mass is 35.5. The summed E-state index contributed by atoms with van der Waals surface area (Å²) < 4.78 is 1.68. The van der Waals surface area contributed by atoms with Crippen LogP contribution < -0.4 is 5.32 Å². The number of hydrogen-bond donors (Lipinski definition) is 1. The summed E-state index contributed by atoms with van der Waals surface area (Å²) in [6, 6.07) is 27.3. The predicted octanol–water partition coefficient (Wildman–Crippen LogP) is 5.47. The van der Waals surface area contributed by atoms with Crippen molar-refractivity contribution in [2.45, 2.75) is 13.3 Å². The minimum absolute atomic E-state index is 0.169. The Morgan fingerprint density at radius 1 is 0.967 bits per heavy atom. The second-order valence-electron chi connectivity index (χ2n) is 7.13. The molecule has 0 aliphatic rings. The van der Waals surface area contributed by atoms with Gasteiger partial charge in [-0.15, -0.1) is 0 Å². The molecule has 4 rings (SSSR count). The van der Waals surface area contributed by atoms with Crippen LogP contribution in [0.2, 0.25) is 5.02 Å². The van der Waals surface area contributed by atoms with Crippen LogP contribution in [0.5, 0.6) is 0 Å². The molecule has 1 heterocycles. The third kappa shape index (κ3) is 4.44. The van der Waals surface area contributed by atoms with Crippen LogP contribution in [-0.2, 0) is 6.42 Å². The van der Waals surface area contributed by atoms with Crippen molar-refractivity contribution in [3.05, 3.63) is 107 Å². The van der Waals surface area contributed by atoms with Crippen molar-refractivity contribution in [2.24, 2.45) is 0 Å². The largest absolute Gasteiger partial charge is 0.350 e. The second-order valence-corrected chi connectivity index (χ2v) is 7.54. The highest BCUT2D eigenvalue weighted by Gasteiger charge is 2.18. The SMILES string of the molecule is Cc1ccc(-n2nc(-c3ccccc3Cl)cc2C(=O)NCCc2ccccc2)cc1. The Balaban J connectivity index is 1.63. The molecular formula is C25H22ClN3O. The van der Waals surface area contributed by atoms with Gasteiger partial charge in [0.2, 0.25) is 0 Å². The smallest absolute Gasteiger partial charge is 0.270 e. The van der Waals surface area contributed by atoms with E-state index in [0.717, 1.165) is 23.2 Å². The fourth-order valence-corrected chi connectivity index (χ4v) is 3.51. The Kier molecular flexibility index (Phi) is 5.96. The number of carbonyl (C=O) groups excluding carboxylic acids is 1. The fourth-order valence-electron chi connectivity index (χ4n) is 3.28. The van der Waals surface area contributed by atoms with Gasteiger partial charge < -0.3 is 5.32 Å². The van der Waals surface area contributed by atoms with E-state index in [1.807, 2.05) is 73.7 Å². The van der Waals surface area contributed by atoms with E-state index in [4.69, 9.17) is 16.7 Å². The second kappa shape index (κ2) is 8.97. The van der Waals surface area contributed by atoms with Gasteiger partial charge in [-0.25, -0.2) is 4.68 Å². The number of nitrogens with zero attached hydrogens (tertiary/aromatic N) is 2. The first-order chi connectivity index (χ1) is 14.6. The average Bonchev–Trinajstić information content (AvgIpc) is 3.20. The third-order valence-electron chi connectivity index (χ3n) is 4.91. The van der Waals surface area contributed by atoms with Crippen LogP contribution in [0, 0.1) is 6.92 Å². The molecule has 0 saturated carbocycles. The number of rotatable bonds is 6. The molecule has 1 amide bonds. The van der Waals surface area contributed by atoms with E-state index in [1.165, 1.54) is 5.56 Å². The molecule has 0 unspecified atom stereocenters. The molecule has 4 nitrogen and oxygen atoms in total. The van der Waals surface area contributed by atoms with Crippen LogP contribution >= 0.6 is 11.6 Å². The zero-order valence-electron chi connectivity index (χ0n) is 16.7. The van der Waals surface area contributed by atoms with Gasteiger partial charge in [-0.2, -0.15) is 5.10 Å². The van der Waals surface area contributed by atoms with Gasteiger partial charge in [0.05, 0.1) is 16.4 Å². The minimum Gasteiger partial charge on any atom is -0.350 e. The van der Waals surface area contributed by atoms with E-state index < -0.39 is 0 Å². The topological polar surface area (TPSA) is 46.9 Å². The number of nitrogens with one attached hydrogen (secondary N) is 1. The van der Waals surface area contributed by atoms with Crippen LogP contribution in [0.15, 0.2) is 84.9 Å². The Hall–Kier alpha value is -3.37. The maximum atomic E-state index is 13.0. The number of aryl methyl sites for hydroxylation is 1. The van der Waals surface area contributed by atoms with Gasteiger partial charge >= 0.3 is 0 Å². The molecule has 1 N–H and O–H groups in total. The highest BCUT2D eigenvalue weighted by Crippen LogP contribution is 2.28. The van der Waals surface area contributed by atoms with Crippen LogP contribution in [0.25, 0.3) is 16.9 Å². The Bertz CT molecular complexity index is 1150. The van der Waals surface area contributed by atoms with Crippen molar-refractivity contribution in [3.8, 4) is 16.9 Å². The standard InChI is InChI=1S/C25H22ClN3O/c1-18-11-13-20(14-12-18)29-24(17-23(28-29)21-9-5-6-10-22(21)26)25(30)27-16-15-19-7-3-2-4-8-19/h2-14,17H,15-16H2,1H3,(H,27,30). The van der Waals surface area contributed by atoms with Gasteiger partial charge in [0.15, 0.2) is 0 Å². The molecule has 1 aromatic heterocycles. The number of hydrogen-bond acceptors (Lipinski definition) is 2. The van der Waals surface area contributed by atoms with Crippen LogP contribution in [0.3, 0.4) is 0 Å². The number of halogens is 1. The monoisotopic (exact) mass is 415 g/mol. The maximum absolute atomic E-state index is 13.0. The highest BCUT2D eigenvalue weighted by molar-refractivity contribution is 6.33. The number of benzene rings is 3. The molecule has 4 aromatic rings. The van der Waals surface area contributed by atoms with Gasteiger partial charge in [0.25, 0.3) is 5.91 Å². The normalized spacial score (nSPS) is 10.7. The van der Waals surface area contributed by atoms with Gasteiger partial charge in [-0.3, -0.25) is 4.79 Å². The summed E-state index contributed by atoms with van der Waals surface area (Å²) in [5, 5.41) is 8.31. The molecular weight excluding hydrogens is 394 g/mol. The molecule has 0 bridgehead atoms. The van der Waals surface area contributed by atoms with E-state index in [1.54, 1.807) is 10.7 Å². The summed E-state index contributed by atoms with van der Waals surface area (Å²) in [5.41, 5.74) is 5.08. The lowest BCUT2D eigenvalue weighted by atomic mass is 10.1. The summed E-state index contributed by atoms with van der Waals surface area (Å²) in [6.45, 7) is 2.57. The molecule has 0 saturated heterocycles. The van der Waals surface area contributed by atoms with Crippen molar-refractivity contribution in [3.63, 3.8) is 0 Å². The lowest BCUT2D eigenvalue weighted by Crippen LogP contribution is -2.27. The van der Waals surface area contributed by atoms with E-state index in [2.05, 4.69) is 17.4 Å². The summed E-state index contributed by atoms with van der Waals surface area (Å²) in [6.07, 6.45) is 0.766. The molecule has 150 valence electrons. The Labute approximate surface area is 181 Å². The average molecular weight is 416 g/mol. The number of carbonyl (C=O) groups is 1. The first-order valence-electron chi connectivity index (χ1n) is 9.86. The summed E-state index contributed by atoms with van der Waals surface area (Å²) in [5.74, 6) is -0.169. The molecule has 0 aliphatic carbocycles. The lowest BCUT2D eigenvalue weighted by Gasteiger charge is -2.09. The number of amides is 1. The van der Waals surface area contributed by atoms with E-state index >= 15 is 0 Å². The van der Waals surface area contributed by atoms with Crippen LogP contribution in [-0.4, -0.2) is 22.2 Å². The summed E-state index contributed by atoms with van der Waals surface area (Å²) >= 11 is 6.37. The third-order valence-corrected chi connectivity index (χ3v) is 5.24. The predicted molar refractivity (Wildman–Crippen MR) is 121 cm³/mol. The van der Waals surface area contributed by atoms with Crippen molar-refractivity contribution < 1.29 is 4.79 Å². The molecule has 30 heavy (non-hydrogen) atoms. The lowest BCUT2D eigenvalue weighted by molar-refractivity contribution is 0.0946. The quantitative estimate of drug-likeness (QED) is 0.453. The number of aromatic nitrogens is 2.